The molecule has 3 rings (SSSR count). The number of methoxy groups -OCH3 is 1. The van der Waals surface area contributed by atoms with E-state index in [2.05, 4.69) is 4.72 Å². The number of benzene rings is 3. The van der Waals surface area contributed by atoms with Crippen LogP contribution >= 0.6 is 11.6 Å². The molecule has 0 aromatic heterocycles. The van der Waals surface area contributed by atoms with Crippen LogP contribution in [0.2, 0.25) is 5.02 Å². The van der Waals surface area contributed by atoms with Crippen LogP contribution in [-0.4, -0.2) is 15.5 Å². The van der Waals surface area contributed by atoms with Crippen LogP contribution in [0.15, 0.2) is 59.5 Å². The average molecular weight is 362 g/mol. The second kappa shape index (κ2) is 6.34. The lowest BCUT2D eigenvalue weighted by Crippen LogP contribution is -2.12. The Labute approximate surface area is 146 Å². The van der Waals surface area contributed by atoms with E-state index in [0.717, 1.165) is 22.1 Å². The molecule has 0 aliphatic heterocycles. The van der Waals surface area contributed by atoms with Gasteiger partial charge in [0.15, 0.2) is 0 Å². The molecule has 24 heavy (non-hydrogen) atoms. The largest absolute Gasteiger partial charge is 0.497 e. The molecule has 4 nitrogen and oxygen atoms in total. The van der Waals surface area contributed by atoms with E-state index in [9.17, 15) is 8.42 Å². The molecular weight excluding hydrogens is 346 g/mol. The van der Waals surface area contributed by atoms with Crippen LogP contribution < -0.4 is 9.46 Å². The first-order chi connectivity index (χ1) is 11.4. The molecule has 3 aromatic carbocycles. The molecule has 0 amide bonds. The third kappa shape index (κ3) is 3.32. The van der Waals surface area contributed by atoms with Crippen LogP contribution in [0, 0.1) is 6.92 Å². The molecule has 0 spiro atoms. The first-order valence-electron chi connectivity index (χ1n) is 7.26. The Morgan fingerprint density at radius 3 is 2.38 bits per heavy atom. The van der Waals surface area contributed by atoms with Crippen molar-refractivity contribution in [2.45, 2.75) is 11.8 Å². The summed E-state index contributed by atoms with van der Waals surface area (Å²) >= 11 is 6.05. The van der Waals surface area contributed by atoms with Crippen LogP contribution in [-0.2, 0) is 10.0 Å². The number of rotatable bonds is 4. The van der Waals surface area contributed by atoms with Crippen molar-refractivity contribution in [3.63, 3.8) is 0 Å². The quantitative estimate of drug-likeness (QED) is 0.738. The van der Waals surface area contributed by atoms with Gasteiger partial charge in [-0.15, -0.1) is 0 Å². The summed E-state index contributed by atoms with van der Waals surface area (Å²) in [7, 11) is -2.10. The lowest BCUT2D eigenvalue weighted by Gasteiger charge is -2.10. The summed E-state index contributed by atoms with van der Waals surface area (Å²) in [5.41, 5.74) is 1.32. The lowest BCUT2D eigenvalue weighted by molar-refractivity contribution is 0.415. The first kappa shape index (κ1) is 16.6. The van der Waals surface area contributed by atoms with Crippen LogP contribution in [0.4, 0.5) is 5.69 Å². The number of sulfonamides is 1. The van der Waals surface area contributed by atoms with Gasteiger partial charge in [-0.1, -0.05) is 29.8 Å². The third-order valence-electron chi connectivity index (χ3n) is 3.75. The SMILES string of the molecule is COc1ccc2cc(S(=O)(=O)Nc3ccc(C)c(Cl)c3)ccc2c1. The predicted molar refractivity (Wildman–Crippen MR) is 97.5 cm³/mol. The Balaban J connectivity index is 1.96. The zero-order valence-electron chi connectivity index (χ0n) is 13.2. The van der Waals surface area contributed by atoms with Crippen molar-refractivity contribution >= 4 is 38.1 Å². The maximum atomic E-state index is 12.6. The van der Waals surface area contributed by atoms with Crippen LogP contribution in [0.3, 0.4) is 0 Å². The van der Waals surface area contributed by atoms with Crippen molar-refractivity contribution in [1.82, 2.24) is 0 Å². The number of ether oxygens (including phenoxy) is 1. The second-order valence-corrected chi connectivity index (χ2v) is 7.53. The summed E-state index contributed by atoms with van der Waals surface area (Å²) in [6.07, 6.45) is 0. The first-order valence-corrected chi connectivity index (χ1v) is 9.12. The van der Waals surface area contributed by atoms with E-state index in [1.807, 2.05) is 19.1 Å². The van der Waals surface area contributed by atoms with Gasteiger partial charge in [0.05, 0.1) is 17.7 Å². The van der Waals surface area contributed by atoms with E-state index in [-0.39, 0.29) is 4.90 Å². The number of nitrogens with one attached hydrogen (secondary N) is 1. The highest BCUT2D eigenvalue weighted by molar-refractivity contribution is 7.92. The van der Waals surface area contributed by atoms with Crippen LogP contribution in [0.5, 0.6) is 5.75 Å². The summed E-state index contributed by atoms with van der Waals surface area (Å²) in [5.74, 6) is 0.727. The molecule has 0 bridgehead atoms. The van der Waals surface area contributed by atoms with Gasteiger partial charge in [0.25, 0.3) is 10.0 Å². The number of fused-ring (bicyclic) bond motifs is 1. The van der Waals surface area contributed by atoms with E-state index in [0.29, 0.717) is 10.7 Å². The monoisotopic (exact) mass is 361 g/mol. The molecule has 0 unspecified atom stereocenters. The highest BCUT2D eigenvalue weighted by Crippen LogP contribution is 2.26. The Kier molecular flexibility index (Phi) is 4.39. The lowest BCUT2D eigenvalue weighted by atomic mass is 10.1. The van der Waals surface area contributed by atoms with Gasteiger partial charge in [-0.25, -0.2) is 8.42 Å². The fraction of sp³-hybridized carbons (Fsp3) is 0.111. The number of hydrogen-bond acceptors (Lipinski definition) is 3. The molecule has 6 heteroatoms. The van der Waals surface area contributed by atoms with Gasteiger partial charge in [0.2, 0.25) is 0 Å². The van der Waals surface area contributed by atoms with Crippen LogP contribution in [0.1, 0.15) is 5.56 Å². The summed E-state index contributed by atoms with van der Waals surface area (Å²) < 4.78 is 32.9. The molecule has 0 saturated carbocycles. The topological polar surface area (TPSA) is 55.4 Å². The van der Waals surface area contributed by atoms with E-state index in [1.165, 1.54) is 0 Å². The van der Waals surface area contributed by atoms with E-state index in [4.69, 9.17) is 16.3 Å². The molecule has 124 valence electrons. The number of anilines is 1. The molecule has 0 radical (unpaired) electrons. The van der Waals surface area contributed by atoms with E-state index in [1.54, 1.807) is 49.6 Å². The minimum atomic E-state index is -3.69. The molecule has 0 atom stereocenters. The Morgan fingerprint density at radius 1 is 0.958 bits per heavy atom. The highest BCUT2D eigenvalue weighted by atomic mass is 35.5. The van der Waals surface area contributed by atoms with Gasteiger partial charge >= 0.3 is 0 Å². The van der Waals surface area contributed by atoms with Crippen molar-refractivity contribution in [2.75, 3.05) is 11.8 Å². The fourth-order valence-electron chi connectivity index (χ4n) is 2.37. The minimum Gasteiger partial charge on any atom is -0.497 e. The van der Waals surface area contributed by atoms with Gasteiger partial charge in [-0.05, 0) is 59.7 Å². The molecule has 0 fully saturated rings. The zero-order chi connectivity index (χ0) is 17.3. The molecule has 1 N–H and O–H groups in total. The van der Waals surface area contributed by atoms with Gasteiger partial charge in [-0.3, -0.25) is 4.72 Å². The van der Waals surface area contributed by atoms with E-state index < -0.39 is 10.0 Å². The standard InChI is InChI=1S/C18H16ClNO3S/c1-12-3-6-15(11-18(12)19)20-24(21,22)17-8-5-13-9-16(23-2)7-4-14(13)10-17/h3-11,20H,1-2H3. The van der Waals surface area contributed by atoms with Gasteiger partial charge in [0.1, 0.15) is 5.75 Å². The number of aryl methyl sites for hydroxylation is 1. The van der Waals surface area contributed by atoms with Crippen molar-refractivity contribution in [3.8, 4) is 5.75 Å². The maximum absolute atomic E-state index is 12.6. The van der Waals surface area contributed by atoms with Crippen molar-refractivity contribution in [1.29, 1.82) is 0 Å². The molecule has 3 aromatic rings. The molecule has 0 heterocycles. The zero-order valence-corrected chi connectivity index (χ0v) is 14.8. The Bertz CT molecular complexity index is 1020. The highest BCUT2D eigenvalue weighted by Gasteiger charge is 2.15. The smallest absolute Gasteiger partial charge is 0.261 e. The normalized spacial score (nSPS) is 11.5. The second-order valence-electron chi connectivity index (χ2n) is 5.44. The summed E-state index contributed by atoms with van der Waals surface area (Å²) in [4.78, 5) is 0.192. The van der Waals surface area contributed by atoms with Crippen molar-refractivity contribution in [3.05, 3.63) is 65.2 Å². The summed E-state index contributed by atoms with van der Waals surface area (Å²) in [5, 5.41) is 2.24. The third-order valence-corrected chi connectivity index (χ3v) is 5.54. The summed E-state index contributed by atoms with van der Waals surface area (Å²) in [6.45, 7) is 1.86. The fourth-order valence-corrected chi connectivity index (χ4v) is 3.63. The van der Waals surface area contributed by atoms with Crippen LogP contribution in [0.25, 0.3) is 10.8 Å². The maximum Gasteiger partial charge on any atom is 0.261 e. The predicted octanol–water partition coefficient (Wildman–Crippen LogP) is 4.61. The number of hydrogen-bond donors (Lipinski definition) is 1. The number of halogens is 1. The molecular formula is C18H16ClNO3S. The van der Waals surface area contributed by atoms with Crippen molar-refractivity contribution < 1.29 is 13.2 Å². The summed E-state index contributed by atoms with van der Waals surface area (Å²) in [6, 6.07) is 15.5. The van der Waals surface area contributed by atoms with Gasteiger partial charge in [0, 0.05) is 5.02 Å². The average Bonchev–Trinajstić information content (AvgIpc) is 2.57. The Morgan fingerprint density at radius 2 is 1.67 bits per heavy atom. The van der Waals surface area contributed by atoms with Gasteiger partial charge < -0.3 is 4.74 Å². The molecule has 0 aliphatic carbocycles. The molecule has 0 saturated heterocycles. The minimum absolute atomic E-state index is 0.192. The van der Waals surface area contributed by atoms with E-state index >= 15 is 0 Å². The Hall–Kier alpha value is -2.24. The molecule has 0 aliphatic rings. The van der Waals surface area contributed by atoms with Gasteiger partial charge in [-0.2, -0.15) is 0 Å². The van der Waals surface area contributed by atoms with Crippen molar-refractivity contribution in [2.24, 2.45) is 0 Å².